The lowest BCUT2D eigenvalue weighted by atomic mass is 9.98. The van der Waals surface area contributed by atoms with Crippen LogP contribution in [-0.2, 0) is 21.2 Å². The zero-order valence-electron chi connectivity index (χ0n) is 21.6. The minimum Gasteiger partial charge on any atom is -0.341 e. The fourth-order valence-corrected chi connectivity index (χ4v) is 9.77. The van der Waals surface area contributed by atoms with Crippen molar-refractivity contribution in [1.82, 2.24) is 13.8 Å². The van der Waals surface area contributed by atoms with Gasteiger partial charge in [-0.05, 0) is 75.0 Å². The van der Waals surface area contributed by atoms with Crippen molar-refractivity contribution >= 4 is 34.9 Å². The van der Waals surface area contributed by atoms with E-state index in [4.69, 9.17) is 5.73 Å². The molecule has 2 aliphatic heterocycles. The van der Waals surface area contributed by atoms with E-state index in [1.54, 1.807) is 6.20 Å². The SMILES string of the molecule is C[Si](C)(C)CCS(=O)(=O)n1ccc2cc(CC(N)C(=O)N3CCC(N4CCCCC4)CC3)ccc21. The Morgan fingerprint density at radius 1 is 1.06 bits per heavy atom. The number of amides is 1. The van der Waals surface area contributed by atoms with Crippen molar-refractivity contribution in [3.8, 4) is 0 Å². The third-order valence-corrected chi connectivity index (χ3v) is 11.3. The van der Waals surface area contributed by atoms with Crippen molar-refractivity contribution in [1.29, 1.82) is 0 Å². The minimum atomic E-state index is -3.39. The van der Waals surface area contributed by atoms with Gasteiger partial charge in [-0.25, -0.2) is 12.4 Å². The summed E-state index contributed by atoms with van der Waals surface area (Å²) in [6.07, 6.45) is 8.09. The van der Waals surface area contributed by atoms with Gasteiger partial charge in [0.25, 0.3) is 0 Å². The number of nitrogens with two attached hydrogens (primary N) is 1. The molecule has 1 aromatic heterocycles. The molecular formula is C26H42N4O3SSi. The summed E-state index contributed by atoms with van der Waals surface area (Å²) in [5.41, 5.74) is 8.00. The molecule has 9 heteroatoms. The summed E-state index contributed by atoms with van der Waals surface area (Å²) in [4.78, 5) is 17.6. The van der Waals surface area contributed by atoms with E-state index in [1.165, 1.54) is 36.3 Å². The lowest BCUT2D eigenvalue weighted by molar-refractivity contribution is -0.134. The first-order valence-corrected chi connectivity index (χ1v) is 18.5. The molecule has 2 N–H and O–H groups in total. The first kappa shape index (κ1) is 26.4. The maximum absolute atomic E-state index is 13.0. The number of nitrogens with zero attached hydrogens (tertiary/aromatic N) is 3. The van der Waals surface area contributed by atoms with Gasteiger partial charge < -0.3 is 15.5 Å². The Morgan fingerprint density at radius 3 is 2.40 bits per heavy atom. The van der Waals surface area contributed by atoms with Crippen molar-refractivity contribution < 1.29 is 13.2 Å². The Balaban J connectivity index is 1.36. The number of rotatable bonds is 8. The third-order valence-electron chi connectivity index (χ3n) is 7.58. The summed E-state index contributed by atoms with van der Waals surface area (Å²) in [5, 5.41) is 0.862. The fraction of sp³-hybridized carbons (Fsp3) is 0.654. The van der Waals surface area contributed by atoms with Gasteiger partial charge >= 0.3 is 0 Å². The van der Waals surface area contributed by atoms with Crippen LogP contribution in [0.25, 0.3) is 10.9 Å². The highest BCUT2D eigenvalue weighted by molar-refractivity contribution is 7.90. The van der Waals surface area contributed by atoms with Gasteiger partial charge in [0.05, 0.1) is 17.3 Å². The molecule has 1 atom stereocenters. The van der Waals surface area contributed by atoms with E-state index in [2.05, 4.69) is 24.5 Å². The van der Waals surface area contributed by atoms with Crippen molar-refractivity contribution in [3.05, 3.63) is 36.0 Å². The molecule has 1 aromatic carbocycles. The Hall–Kier alpha value is -1.68. The standard InChI is InChI=1S/C26H42N4O3SSi/c1-35(2,3)18-17-34(32,33)30-16-9-22-19-21(7-8-25(22)30)20-24(27)26(31)29-14-10-23(11-15-29)28-12-5-4-6-13-28/h7-9,16,19,23-24H,4-6,10-15,17-18,20,27H2,1-3H3. The Bertz CT molecular complexity index is 1130. The monoisotopic (exact) mass is 518 g/mol. The van der Waals surface area contributed by atoms with Crippen LogP contribution in [0.1, 0.15) is 37.7 Å². The highest BCUT2D eigenvalue weighted by Crippen LogP contribution is 2.24. The van der Waals surface area contributed by atoms with Crippen LogP contribution in [0.15, 0.2) is 30.5 Å². The number of carbonyl (C=O) groups is 1. The van der Waals surface area contributed by atoms with Gasteiger partial charge in [-0.3, -0.25) is 4.79 Å². The van der Waals surface area contributed by atoms with Gasteiger partial charge in [0, 0.05) is 38.8 Å². The van der Waals surface area contributed by atoms with Crippen molar-refractivity contribution in [3.63, 3.8) is 0 Å². The van der Waals surface area contributed by atoms with Crippen molar-refractivity contribution in [2.75, 3.05) is 31.9 Å². The smallest absolute Gasteiger partial charge is 0.239 e. The summed E-state index contributed by atoms with van der Waals surface area (Å²) < 4.78 is 27.2. The number of likely N-dealkylation sites (tertiary alicyclic amines) is 2. The second kappa shape index (κ2) is 10.7. The molecule has 2 aliphatic rings. The average molecular weight is 519 g/mol. The maximum atomic E-state index is 13.0. The number of hydrogen-bond acceptors (Lipinski definition) is 5. The van der Waals surface area contributed by atoms with Crippen molar-refractivity contribution in [2.24, 2.45) is 5.73 Å². The number of aromatic nitrogens is 1. The number of benzene rings is 1. The van der Waals surface area contributed by atoms with Crippen LogP contribution in [0, 0.1) is 0 Å². The number of hydrogen-bond donors (Lipinski definition) is 1. The van der Waals surface area contributed by atoms with Crippen LogP contribution in [-0.4, -0.2) is 80.2 Å². The Morgan fingerprint density at radius 2 is 1.74 bits per heavy atom. The molecule has 0 saturated carbocycles. The van der Waals surface area contributed by atoms with Crippen LogP contribution in [0.5, 0.6) is 0 Å². The maximum Gasteiger partial charge on any atom is 0.239 e. The number of carbonyl (C=O) groups excluding carboxylic acids is 1. The van der Waals surface area contributed by atoms with Crippen LogP contribution in [0.3, 0.4) is 0 Å². The second-order valence-corrected chi connectivity index (χ2v) is 19.2. The van der Waals surface area contributed by atoms with E-state index >= 15 is 0 Å². The predicted octanol–water partition coefficient (Wildman–Crippen LogP) is 3.50. The fourth-order valence-electron chi connectivity index (χ4n) is 5.38. The zero-order valence-corrected chi connectivity index (χ0v) is 23.4. The molecule has 0 aliphatic carbocycles. The van der Waals surface area contributed by atoms with Crippen LogP contribution >= 0.6 is 0 Å². The largest absolute Gasteiger partial charge is 0.341 e. The molecule has 35 heavy (non-hydrogen) atoms. The Labute approximate surface area is 211 Å². The van der Waals surface area contributed by atoms with Crippen LogP contribution in [0.2, 0.25) is 25.7 Å². The van der Waals surface area contributed by atoms with E-state index in [9.17, 15) is 13.2 Å². The van der Waals surface area contributed by atoms with Gasteiger partial charge in [-0.1, -0.05) is 32.1 Å². The Kier molecular flexibility index (Phi) is 8.10. The lowest BCUT2D eigenvalue weighted by Gasteiger charge is -2.40. The first-order chi connectivity index (χ1) is 16.5. The van der Waals surface area contributed by atoms with E-state index in [0.717, 1.165) is 42.9 Å². The summed E-state index contributed by atoms with van der Waals surface area (Å²) in [5.74, 6) is 0.191. The van der Waals surface area contributed by atoms with E-state index in [0.29, 0.717) is 18.0 Å². The van der Waals surface area contributed by atoms with E-state index in [1.807, 2.05) is 29.2 Å². The molecule has 0 spiro atoms. The molecule has 4 rings (SSSR count). The normalized spacial score (nSPS) is 19.8. The summed E-state index contributed by atoms with van der Waals surface area (Å²) in [6.45, 7) is 10.5. The van der Waals surface area contributed by atoms with Gasteiger partial charge in [-0.15, -0.1) is 0 Å². The molecule has 0 bridgehead atoms. The molecule has 1 amide bonds. The molecule has 2 aromatic rings. The van der Waals surface area contributed by atoms with Crippen molar-refractivity contribution in [2.45, 2.75) is 76.3 Å². The number of fused-ring (bicyclic) bond motifs is 1. The average Bonchev–Trinajstić information content (AvgIpc) is 3.27. The molecule has 2 fully saturated rings. The summed E-state index contributed by atoms with van der Waals surface area (Å²) >= 11 is 0. The highest BCUT2D eigenvalue weighted by Gasteiger charge is 2.30. The first-order valence-electron chi connectivity index (χ1n) is 13.2. The molecule has 2 saturated heterocycles. The molecule has 3 heterocycles. The van der Waals surface area contributed by atoms with Crippen LogP contribution < -0.4 is 5.73 Å². The van der Waals surface area contributed by atoms with Gasteiger partial charge in [0.1, 0.15) is 0 Å². The van der Waals surface area contributed by atoms with E-state index < -0.39 is 24.1 Å². The molecule has 194 valence electrons. The predicted molar refractivity (Wildman–Crippen MR) is 146 cm³/mol. The lowest BCUT2D eigenvalue weighted by Crippen LogP contribution is -2.52. The summed E-state index contributed by atoms with van der Waals surface area (Å²) in [6, 6.07) is 8.31. The zero-order chi connectivity index (χ0) is 25.2. The van der Waals surface area contributed by atoms with Gasteiger partial charge in [0.2, 0.25) is 15.9 Å². The minimum absolute atomic E-state index is 0.0219. The van der Waals surface area contributed by atoms with Gasteiger partial charge in [0.15, 0.2) is 0 Å². The van der Waals surface area contributed by atoms with Gasteiger partial charge in [-0.2, -0.15) is 0 Å². The topological polar surface area (TPSA) is 88.6 Å². The molecule has 1 unspecified atom stereocenters. The molecular weight excluding hydrogens is 476 g/mol. The highest BCUT2D eigenvalue weighted by atomic mass is 32.2. The molecule has 7 nitrogen and oxygen atoms in total. The van der Waals surface area contributed by atoms with Crippen LogP contribution in [0.4, 0.5) is 0 Å². The molecule has 0 radical (unpaired) electrons. The third kappa shape index (κ3) is 6.55. The number of piperidine rings is 2. The summed E-state index contributed by atoms with van der Waals surface area (Å²) in [7, 11) is -4.85. The second-order valence-electron chi connectivity index (χ2n) is 11.6. The van der Waals surface area contributed by atoms with E-state index in [-0.39, 0.29) is 11.7 Å². The quantitative estimate of drug-likeness (QED) is 0.541.